The van der Waals surface area contributed by atoms with Gasteiger partial charge < -0.3 is 15.4 Å². The summed E-state index contributed by atoms with van der Waals surface area (Å²) in [6.45, 7) is 9.17. The molecule has 2 aromatic rings. The van der Waals surface area contributed by atoms with Crippen molar-refractivity contribution in [1.82, 2.24) is 4.90 Å². The molecule has 0 saturated carbocycles. The summed E-state index contributed by atoms with van der Waals surface area (Å²) in [5, 5.41) is 1.11. The molecule has 28 heavy (non-hydrogen) atoms. The molecule has 0 aliphatic rings. The third-order valence-corrected chi connectivity index (χ3v) is 5.28. The molecule has 4 nitrogen and oxygen atoms in total. The van der Waals surface area contributed by atoms with Crippen LogP contribution in [0.3, 0.4) is 0 Å². The van der Waals surface area contributed by atoms with E-state index in [1.54, 1.807) is 0 Å². The molecule has 0 fully saturated rings. The molecule has 0 saturated heterocycles. The number of rotatable bonds is 9. The van der Waals surface area contributed by atoms with Crippen molar-refractivity contribution in [2.24, 2.45) is 11.1 Å². The van der Waals surface area contributed by atoms with Gasteiger partial charge in [0.2, 0.25) is 0 Å². The number of amides is 1. The largest absolute Gasteiger partial charge is 0.489 e. The summed E-state index contributed by atoms with van der Waals surface area (Å²) in [5.74, 6) is 0.969. The first kappa shape index (κ1) is 22.2. The standard InChI is InChI=1S/C23H34N2O2Si/c1-23(2,3)17-25(14-8-7-13-24)22(26)19-11-12-20(21(28)15-19)27-16-18-9-5-4-6-10-18/h4-6,9-12,15H,7-8,13-14,16-17,24H2,1-3,28H3. The molecular formula is C23H34N2O2Si. The number of hydrogen-bond acceptors (Lipinski definition) is 3. The van der Waals surface area contributed by atoms with Gasteiger partial charge in [-0.1, -0.05) is 51.1 Å². The molecule has 0 bridgehead atoms. The predicted molar refractivity (Wildman–Crippen MR) is 120 cm³/mol. The van der Waals surface area contributed by atoms with Crippen LogP contribution in [0.2, 0.25) is 0 Å². The number of nitrogens with zero attached hydrogens (tertiary/aromatic N) is 1. The third-order valence-electron chi connectivity index (χ3n) is 4.49. The van der Waals surface area contributed by atoms with Gasteiger partial charge in [0, 0.05) is 28.9 Å². The van der Waals surface area contributed by atoms with Gasteiger partial charge in [0.15, 0.2) is 0 Å². The second-order valence-corrected chi connectivity index (χ2v) is 9.62. The van der Waals surface area contributed by atoms with Crippen molar-refractivity contribution in [1.29, 1.82) is 0 Å². The van der Waals surface area contributed by atoms with Gasteiger partial charge in [0.25, 0.3) is 5.91 Å². The zero-order valence-electron chi connectivity index (χ0n) is 17.7. The predicted octanol–water partition coefficient (Wildman–Crippen LogP) is 2.48. The fraction of sp³-hybridized carbons (Fsp3) is 0.435. The van der Waals surface area contributed by atoms with E-state index in [-0.39, 0.29) is 11.3 Å². The lowest BCUT2D eigenvalue weighted by Gasteiger charge is -2.30. The zero-order valence-corrected chi connectivity index (χ0v) is 19.7. The fourth-order valence-electron chi connectivity index (χ4n) is 3.13. The molecular weight excluding hydrogens is 364 g/mol. The average molecular weight is 399 g/mol. The van der Waals surface area contributed by atoms with Crippen LogP contribution in [0, 0.1) is 5.41 Å². The first-order chi connectivity index (χ1) is 13.3. The smallest absolute Gasteiger partial charge is 0.253 e. The number of unbranched alkanes of at least 4 members (excludes halogenated alkanes) is 1. The highest BCUT2D eigenvalue weighted by molar-refractivity contribution is 6.34. The van der Waals surface area contributed by atoms with E-state index in [9.17, 15) is 4.79 Å². The summed E-state index contributed by atoms with van der Waals surface area (Å²) < 4.78 is 5.97. The van der Waals surface area contributed by atoms with E-state index in [2.05, 4.69) is 32.9 Å². The van der Waals surface area contributed by atoms with Gasteiger partial charge in [-0.25, -0.2) is 0 Å². The first-order valence-electron chi connectivity index (χ1n) is 10.1. The maximum atomic E-state index is 13.1. The topological polar surface area (TPSA) is 55.6 Å². The van der Waals surface area contributed by atoms with E-state index in [1.165, 1.54) is 0 Å². The van der Waals surface area contributed by atoms with Gasteiger partial charge in [-0.15, -0.1) is 0 Å². The highest BCUT2D eigenvalue weighted by atomic mass is 28.1. The average Bonchev–Trinajstić information content (AvgIpc) is 2.65. The lowest BCUT2D eigenvalue weighted by molar-refractivity contribution is 0.0692. The van der Waals surface area contributed by atoms with Crippen LogP contribution in [0.4, 0.5) is 0 Å². The van der Waals surface area contributed by atoms with E-state index < -0.39 is 0 Å². The van der Waals surface area contributed by atoms with Crippen LogP contribution in [0.1, 0.15) is 49.5 Å². The normalized spacial score (nSPS) is 11.4. The molecule has 0 spiro atoms. The van der Waals surface area contributed by atoms with Crippen LogP contribution in [0.15, 0.2) is 48.5 Å². The van der Waals surface area contributed by atoms with Crippen molar-refractivity contribution in [3.05, 3.63) is 59.7 Å². The Balaban J connectivity index is 2.08. The maximum Gasteiger partial charge on any atom is 0.253 e. The SMILES string of the molecule is CC(C)(C)CN(CCCCN)C(=O)c1ccc(OCc2ccccc2)c([SiH3])c1. The minimum atomic E-state index is 0.0565. The van der Waals surface area contributed by atoms with E-state index in [1.807, 2.05) is 41.3 Å². The first-order valence-corrected chi connectivity index (χ1v) is 11.1. The van der Waals surface area contributed by atoms with Crippen molar-refractivity contribution in [2.75, 3.05) is 19.6 Å². The Morgan fingerprint density at radius 3 is 2.43 bits per heavy atom. The molecule has 0 aliphatic heterocycles. The molecule has 0 unspecified atom stereocenters. The van der Waals surface area contributed by atoms with Gasteiger partial charge in [-0.2, -0.15) is 0 Å². The van der Waals surface area contributed by atoms with Crippen LogP contribution in [-0.4, -0.2) is 40.7 Å². The van der Waals surface area contributed by atoms with Crippen LogP contribution >= 0.6 is 0 Å². The van der Waals surface area contributed by atoms with Gasteiger partial charge in [-0.3, -0.25) is 4.79 Å². The summed E-state index contributed by atoms with van der Waals surface area (Å²) in [4.78, 5) is 15.1. The second kappa shape index (κ2) is 10.4. The Labute approximate surface area is 172 Å². The zero-order chi connectivity index (χ0) is 20.6. The van der Waals surface area contributed by atoms with Crippen LogP contribution < -0.4 is 15.7 Å². The van der Waals surface area contributed by atoms with Crippen molar-refractivity contribution >= 4 is 21.3 Å². The highest BCUT2D eigenvalue weighted by Crippen LogP contribution is 2.19. The minimum absolute atomic E-state index is 0.0565. The van der Waals surface area contributed by atoms with E-state index >= 15 is 0 Å². The van der Waals surface area contributed by atoms with Crippen molar-refractivity contribution in [3.63, 3.8) is 0 Å². The van der Waals surface area contributed by atoms with E-state index in [0.29, 0.717) is 13.2 Å². The van der Waals surface area contributed by atoms with Gasteiger partial charge >= 0.3 is 0 Å². The van der Waals surface area contributed by atoms with Crippen LogP contribution in [0.25, 0.3) is 0 Å². The van der Waals surface area contributed by atoms with Gasteiger partial charge in [0.1, 0.15) is 12.4 Å². The number of carbonyl (C=O) groups excluding carboxylic acids is 1. The summed E-state index contributed by atoms with van der Waals surface area (Å²) in [6.07, 6.45) is 1.87. The molecule has 2 N–H and O–H groups in total. The van der Waals surface area contributed by atoms with E-state index in [0.717, 1.165) is 58.2 Å². The second-order valence-electron chi connectivity index (χ2n) is 8.54. The van der Waals surface area contributed by atoms with Gasteiger partial charge in [-0.05, 0) is 53.8 Å². The van der Waals surface area contributed by atoms with Crippen LogP contribution in [0.5, 0.6) is 5.75 Å². The molecule has 0 aromatic heterocycles. The molecule has 0 aliphatic carbocycles. The Kier molecular flexibility index (Phi) is 8.27. The Morgan fingerprint density at radius 2 is 1.82 bits per heavy atom. The van der Waals surface area contributed by atoms with Crippen LogP contribution in [-0.2, 0) is 6.61 Å². The summed E-state index contributed by atoms with van der Waals surface area (Å²) >= 11 is 0. The number of nitrogens with two attached hydrogens (primary N) is 1. The monoisotopic (exact) mass is 398 g/mol. The molecule has 0 radical (unpaired) electrons. The molecule has 2 rings (SSSR count). The summed E-state index contributed by atoms with van der Waals surface area (Å²) in [5.41, 5.74) is 7.56. The Bertz CT molecular complexity index is 757. The van der Waals surface area contributed by atoms with E-state index in [4.69, 9.17) is 10.5 Å². The minimum Gasteiger partial charge on any atom is -0.489 e. The lowest BCUT2D eigenvalue weighted by Crippen LogP contribution is -2.39. The third kappa shape index (κ3) is 7.13. The van der Waals surface area contributed by atoms with Crippen molar-refractivity contribution in [3.8, 4) is 5.75 Å². The molecule has 152 valence electrons. The lowest BCUT2D eigenvalue weighted by atomic mass is 9.95. The molecule has 2 aromatic carbocycles. The number of hydrogen-bond donors (Lipinski definition) is 1. The molecule has 0 heterocycles. The highest BCUT2D eigenvalue weighted by Gasteiger charge is 2.22. The Hall–Kier alpha value is -2.11. The number of carbonyl (C=O) groups is 1. The van der Waals surface area contributed by atoms with Gasteiger partial charge in [0.05, 0.1) is 0 Å². The fourth-order valence-corrected chi connectivity index (χ4v) is 3.76. The molecule has 5 heteroatoms. The summed E-state index contributed by atoms with van der Waals surface area (Å²) in [7, 11) is 0.826. The quantitative estimate of drug-likeness (QED) is 0.521. The number of benzene rings is 2. The van der Waals surface area contributed by atoms with Crippen molar-refractivity contribution < 1.29 is 9.53 Å². The Morgan fingerprint density at radius 1 is 1.11 bits per heavy atom. The molecule has 0 atom stereocenters. The summed E-state index contributed by atoms with van der Waals surface area (Å²) in [6, 6.07) is 15.9. The maximum absolute atomic E-state index is 13.1. The van der Waals surface area contributed by atoms with Crippen molar-refractivity contribution in [2.45, 2.75) is 40.2 Å². The number of ether oxygens (including phenoxy) is 1. The molecule has 1 amide bonds.